The Kier molecular flexibility index (Phi) is 5.59. The minimum absolute atomic E-state index is 0.174. The Morgan fingerprint density at radius 1 is 1.33 bits per heavy atom. The van der Waals surface area contributed by atoms with Gasteiger partial charge in [-0.25, -0.2) is 4.39 Å². The summed E-state index contributed by atoms with van der Waals surface area (Å²) < 4.78 is 13.9. The second kappa shape index (κ2) is 7.43. The molecular formula is C17H25FN2O. The summed E-state index contributed by atoms with van der Waals surface area (Å²) in [6.45, 7) is 4.84. The summed E-state index contributed by atoms with van der Waals surface area (Å²) in [7, 11) is 0. The Balaban J connectivity index is 2.12. The summed E-state index contributed by atoms with van der Waals surface area (Å²) in [5.41, 5.74) is 0.724. The van der Waals surface area contributed by atoms with Crippen LogP contribution >= 0.6 is 0 Å². The lowest BCUT2D eigenvalue weighted by Gasteiger charge is -2.29. The molecule has 1 fully saturated rings. The highest BCUT2D eigenvalue weighted by molar-refractivity contribution is 5.99. The zero-order valence-electron chi connectivity index (χ0n) is 12.9. The van der Waals surface area contributed by atoms with E-state index in [-0.39, 0.29) is 17.8 Å². The number of carbonyl (C=O) groups excluding carboxylic acids is 1. The van der Waals surface area contributed by atoms with Crippen LogP contribution in [0, 0.1) is 11.7 Å². The van der Waals surface area contributed by atoms with Crippen molar-refractivity contribution in [1.29, 1.82) is 0 Å². The summed E-state index contributed by atoms with van der Waals surface area (Å²) in [5.74, 6) is -0.0528. The molecule has 0 saturated heterocycles. The van der Waals surface area contributed by atoms with Crippen LogP contribution in [-0.4, -0.2) is 18.5 Å². The van der Waals surface area contributed by atoms with Gasteiger partial charge in [0.15, 0.2) is 0 Å². The number of carbonyl (C=O) groups is 1. The van der Waals surface area contributed by atoms with Gasteiger partial charge in [0.2, 0.25) is 0 Å². The molecule has 2 unspecified atom stereocenters. The lowest BCUT2D eigenvalue weighted by atomic mass is 9.86. The molecule has 1 saturated carbocycles. The molecule has 1 amide bonds. The fourth-order valence-electron chi connectivity index (χ4n) is 2.92. The average Bonchev–Trinajstić information content (AvgIpc) is 2.48. The highest BCUT2D eigenvalue weighted by Gasteiger charge is 2.24. The van der Waals surface area contributed by atoms with Crippen LogP contribution in [0.1, 0.15) is 56.3 Å². The SMILES string of the molecule is CCCNc1c(F)cccc1C(=O)NC1CCCCC1C. The van der Waals surface area contributed by atoms with Gasteiger partial charge in [0.1, 0.15) is 5.82 Å². The second-order valence-electron chi connectivity index (χ2n) is 5.93. The molecule has 0 spiro atoms. The third-order valence-electron chi connectivity index (χ3n) is 4.24. The second-order valence-corrected chi connectivity index (χ2v) is 5.93. The van der Waals surface area contributed by atoms with Crippen molar-refractivity contribution in [3.63, 3.8) is 0 Å². The van der Waals surface area contributed by atoms with Crippen molar-refractivity contribution >= 4 is 11.6 Å². The molecule has 0 bridgehead atoms. The quantitative estimate of drug-likeness (QED) is 0.862. The molecule has 1 aromatic carbocycles. The Morgan fingerprint density at radius 2 is 2.10 bits per heavy atom. The van der Waals surface area contributed by atoms with Crippen LogP contribution in [0.25, 0.3) is 0 Å². The van der Waals surface area contributed by atoms with E-state index in [9.17, 15) is 9.18 Å². The van der Waals surface area contributed by atoms with Crippen molar-refractivity contribution in [1.82, 2.24) is 5.32 Å². The van der Waals surface area contributed by atoms with Gasteiger partial charge in [-0.05, 0) is 37.3 Å². The van der Waals surface area contributed by atoms with E-state index < -0.39 is 0 Å². The van der Waals surface area contributed by atoms with E-state index in [2.05, 4.69) is 17.6 Å². The summed E-state index contributed by atoms with van der Waals surface area (Å²) in [6.07, 6.45) is 5.43. The van der Waals surface area contributed by atoms with E-state index in [0.717, 1.165) is 25.7 Å². The Hall–Kier alpha value is -1.58. The molecule has 21 heavy (non-hydrogen) atoms. The number of amides is 1. The van der Waals surface area contributed by atoms with Gasteiger partial charge in [-0.2, -0.15) is 0 Å². The lowest BCUT2D eigenvalue weighted by Crippen LogP contribution is -2.41. The molecular weight excluding hydrogens is 267 g/mol. The van der Waals surface area contributed by atoms with Gasteiger partial charge in [-0.1, -0.05) is 32.8 Å². The van der Waals surface area contributed by atoms with Gasteiger partial charge in [0.25, 0.3) is 5.91 Å². The number of para-hydroxylation sites is 1. The van der Waals surface area contributed by atoms with Gasteiger partial charge in [-0.3, -0.25) is 4.79 Å². The van der Waals surface area contributed by atoms with Crippen LogP contribution in [-0.2, 0) is 0 Å². The zero-order valence-corrected chi connectivity index (χ0v) is 12.9. The fourth-order valence-corrected chi connectivity index (χ4v) is 2.92. The smallest absolute Gasteiger partial charge is 0.253 e. The monoisotopic (exact) mass is 292 g/mol. The molecule has 1 aromatic rings. The number of hydrogen-bond acceptors (Lipinski definition) is 2. The molecule has 116 valence electrons. The van der Waals surface area contributed by atoms with E-state index in [0.29, 0.717) is 23.7 Å². The van der Waals surface area contributed by atoms with Crippen LogP contribution in [0.2, 0.25) is 0 Å². The maximum Gasteiger partial charge on any atom is 0.253 e. The lowest BCUT2D eigenvalue weighted by molar-refractivity contribution is 0.0910. The highest BCUT2D eigenvalue weighted by atomic mass is 19.1. The minimum atomic E-state index is -0.368. The largest absolute Gasteiger partial charge is 0.382 e. The summed E-state index contributed by atoms with van der Waals surface area (Å²) in [4.78, 5) is 12.5. The number of hydrogen-bond donors (Lipinski definition) is 2. The van der Waals surface area contributed by atoms with Gasteiger partial charge in [-0.15, -0.1) is 0 Å². The normalized spacial score (nSPS) is 21.9. The van der Waals surface area contributed by atoms with Gasteiger partial charge in [0, 0.05) is 12.6 Å². The average molecular weight is 292 g/mol. The van der Waals surface area contributed by atoms with Crippen LogP contribution < -0.4 is 10.6 Å². The first-order valence-electron chi connectivity index (χ1n) is 7.96. The summed E-state index contributed by atoms with van der Waals surface area (Å²) in [6, 6.07) is 4.86. The molecule has 1 aliphatic rings. The Bertz CT molecular complexity index is 490. The van der Waals surface area contributed by atoms with E-state index in [4.69, 9.17) is 0 Å². The predicted molar refractivity (Wildman–Crippen MR) is 84.1 cm³/mol. The first kappa shape index (κ1) is 15.8. The van der Waals surface area contributed by atoms with Crippen LogP contribution in [0.5, 0.6) is 0 Å². The number of benzene rings is 1. The molecule has 2 rings (SSSR count). The maximum atomic E-state index is 13.9. The number of rotatable bonds is 5. The van der Waals surface area contributed by atoms with Crippen LogP contribution in [0.15, 0.2) is 18.2 Å². The highest BCUT2D eigenvalue weighted by Crippen LogP contribution is 2.25. The fraction of sp³-hybridized carbons (Fsp3) is 0.588. The van der Waals surface area contributed by atoms with Crippen molar-refractivity contribution in [2.45, 2.75) is 52.0 Å². The first-order chi connectivity index (χ1) is 10.1. The topological polar surface area (TPSA) is 41.1 Å². The van der Waals surface area contributed by atoms with Gasteiger partial charge >= 0.3 is 0 Å². The molecule has 1 aliphatic carbocycles. The molecule has 3 nitrogen and oxygen atoms in total. The standard InChI is InChI=1S/C17H25FN2O/c1-3-11-19-16-13(8-6-9-14(16)18)17(21)20-15-10-5-4-7-12(15)2/h6,8-9,12,15,19H,3-5,7,10-11H2,1-2H3,(H,20,21). The van der Waals surface area contributed by atoms with Crippen molar-refractivity contribution in [3.05, 3.63) is 29.6 Å². The Morgan fingerprint density at radius 3 is 2.81 bits per heavy atom. The molecule has 0 radical (unpaired) electrons. The van der Waals surface area contributed by atoms with Crippen LogP contribution in [0.4, 0.5) is 10.1 Å². The number of nitrogens with one attached hydrogen (secondary N) is 2. The van der Waals surface area contributed by atoms with E-state index in [1.807, 2.05) is 6.92 Å². The van der Waals surface area contributed by atoms with Crippen LogP contribution in [0.3, 0.4) is 0 Å². The zero-order chi connectivity index (χ0) is 15.2. The minimum Gasteiger partial charge on any atom is -0.382 e. The van der Waals surface area contributed by atoms with Crippen molar-refractivity contribution in [2.24, 2.45) is 5.92 Å². The first-order valence-corrected chi connectivity index (χ1v) is 7.96. The summed E-state index contributed by atoms with van der Waals surface area (Å²) >= 11 is 0. The van der Waals surface area contributed by atoms with Gasteiger partial charge in [0.05, 0.1) is 11.3 Å². The van der Waals surface area contributed by atoms with Gasteiger partial charge < -0.3 is 10.6 Å². The molecule has 4 heteroatoms. The van der Waals surface area contributed by atoms with E-state index in [1.165, 1.54) is 12.5 Å². The number of anilines is 1. The molecule has 0 heterocycles. The van der Waals surface area contributed by atoms with E-state index in [1.54, 1.807) is 12.1 Å². The maximum absolute atomic E-state index is 13.9. The number of halogens is 1. The molecule has 0 aromatic heterocycles. The third kappa shape index (κ3) is 3.96. The molecule has 2 N–H and O–H groups in total. The van der Waals surface area contributed by atoms with E-state index >= 15 is 0 Å². The molecule has 0 aliphatic heterocycles. The van der Waals surface area contributed by atoms with Crippen molar-refractivity contribution in [2.75, 3.05) is 11.9 Å². The van der Waals surface area contributed by atoms with Crippen molar-refractivity contribution in [3.8, 4) is 0 Å². The third-order valence-corrected chi connectivity index (χ3v) is 4.24. The predicted octanol–water partition coefficient (Wildman–Crippen LogP) is 3.96. The Labute approximate surface area is 126 Å². The van der Waals surface area contributed by atoms with Crippen molar-refractivity contribution < 1.29 is 9.18 Å². The summed E-state index contributed by atoms with van der Waals surface area (Å²) in [5, 5.41) is 6.11. The molecule has 2 atom stereocenters.